The van der Waals surface area contributed by atoms with Crippen molar-refractivity contribution in [2.75, 3.05) is 19.7 Å². The molecule has 0 saturated carbocycles. The maximum atomic E-state index is 12.9. The normalized spacial score (nSPS) is 14.1. The number of ether oxygens (including phenoxy) is 1. The highest BCUT2D eigenvalue weighted by Gasteiger charge is 2.28. The molecule has 1 aromatic heterocycles. The van der Waals surface area contributed by atoms with E-state index in [0.29, 0.717) is 48.8 Å². The van der Waals surface area contributed by atoms with Gasteiger partial charge < -0.3 is 9.64 Å². The smallest absolute Gasteiger partial charge is 0.309 e. The van der Waals surface area contributed by atoms with Gasteiger partial charge in [-0.1, -0.05) is 29.5 Å². The van der Waals surface area contributed by atoms with E-state index < -0.39 is 0 Å². The van der Waals surface area contributed by atoms with Crippen LogP contribution in [-0.4, -0.2) is 46.3 Å². The molecule has 0 bridgehead atoms. The second-order valence-electron chi connectivity index (χ2n) is 8.20. The minimum Gasteiger partial charge on any atom is -0.466 e. The van der Waals surface area contributed by atoms with E-state index in [-0.39, 0.29) is 23.4 Å². The second kappa shape index (κ2) is 10.7. The maximum absolute atomic E-state index is 12.9. The summed E-state index contributed by atoms with van der Waals surface area (Å²) in [6.07, 6.45) is 1.21. The van der Waals surface area contributed by atoms with Crippen molar-refractivity contribution in [1.29, 1.82) is 0 Å². The Morgan fingerprint density at radius 1 is 1.00 bits per heavy atom. The molecule has 0 N–H and O–H groups in total. The average molecular weight is 478 g/mol. The van der Waals surface area contributed by atoms with E-state index in [0.717, 1.165) is 4.90 Å². The highest BCUT2D eigenvalue weighted by Crippen LogP contribution is 2.26. The number of carbonyl (C=O) groups is 2. The molecule has 2 heterocycles. The molecule has 0 unspecified atom stereocenters. The molecule has 1 amide bonds. The van der Waals surface area contributed by atoms with Gasteiger partial charge in [-0.25, -0.2) is 0 Å². The summed E-state index contributed by atoms with van der Waals surface area (Å²) in [6, 6.07) is 18.2. The van der Waals surface area contributed by atoms with Gasteiger partial charge in [0.25, 0.3) is 11.5 Å². The van der Waals surface area contributed by atoms with Crippen molar-refractivity contribution in [2.45, 2.75) is 36.6 Å². The molecule has 1 aliphatic heterocycles. The summed E-state index contributed by atoms with van der Waals surface area (Å²) in [7, 11) is 0. The lowest BCUT2D eigenvalue weighted by Gasteiger charge is -2.31. The Hall–Kier alpha value is -3.39. The predicted octanol–water partition coefficient (Wildman–Crippen LogP) is 4.11. The van der Waals surface area contributed by atoms with Gasteiger partial charge in [-0.3, -0.25) is 14.4 Å². The van der Waals surface area contributed by atoms with Crippen molar-refractivity contribution in [3.8, 4) is 5.69 Å². The van der Waals surface area contributed by atoms with Crippen molar-refractivity contribution in [3.05, 3.63) is 82.1 Å². The van der Waals surface area contributed by atoms with Crippen molar-refractivity contribution in [3.63, 3.8) is 0 Å². The van der Waals surface area contributed by atoms with Gasteiger partial charge in [-0.15, -0.1) is 0 Å². The first-order valence-corrected chi connectivity index (χ1v) is 12.2. The second-order valence-corrected chi connectivity index (χ2v) is 9.30. The summed E-state index contributed by atoms with van der Waals surface area (Å²) in [6.45, 7) is 5.23. The van der Waals surface area contributed by atoms with E-state index in [2.05, 4.69) is 5.10 Å². The molecule has 0 radical (unpaired) electrons. The quantitative estimate of drug-likeness (QED) is 0.497. The van der Waals surface area contributed by atoms with Crippen LogP contribution in [0.2, 0.25) is 0 Å². The third-order valence-corrected chi connectivity index (χ3v) is 6.71. The topological polar surface area (TPSA) is 81.5 Å². The Balaban J connectivity index is 1.44. The van der Waals surface area contributed by atoms with Crippen LogP contribution in [0.25, 0.3) is 5.69 Å². The lowest BCUT2D eigenvalue weighted by molar-refractivity contribution is -0.149. The lowest BCUT2D eigenvalue weighted by atomic mass is 9.96. The zero-order chi connectivity index (χ0) is 24.1. The largest absolute Gasteiger partial charge is 0.466 e. The first kappa shape index (κ1) is 23.8. The number of carbonyl (C=O) groups excluding carboxylic acids is 2. The van der Waals surface area contributed by atoms with E-state index in [9.17, 15) is 14.4 Å². The number of amides is 1. The zero-order valence-corrected chi connectivity index (χ0v) is 20.1. The van der Waals surface area contributed by atoms with E-state index in [1.165, 1.54) is 28.1 Å². The van der Waals surface area contributed by atoms with Gasteiger partial charge >= 0.3 is 5.97 Å². The molecular weight excluding hydrogens is 450 g/mol. The fraction of sp³-hybridized carbons (Fsp3) is 0.308. The van der Waals surface area contributed by atoms with E-state index >= 15 is 0 Å². The molecule has 0 atom stereocenters. The van der Waals surface area contributed by atoms with Gasteiger partial charge in [0.1, 0.15) is 5.03 Å². The molecule has 8 heteroatoms. The van der Waals surface area contributed by atoms with Gasteiger partial charge in [0.15, 0.2) is 0 Å². The van der Waals surface area contributed by atoms with E-state index in [4.69, 9.17) is 4.74 Å². The maximum Gasteiger partial charge on any atom is 0.309 e. The summed E-state index contributed by atoms with van der Waals surface area (Å²) in [4.78, 5) is 40.1. The Labute approximate surface area is 202 Å². The molecule has 7 nitrogen and oxygen atoms in total. The van der Waals surface area contributed by atoms with Crippen LogP contribution in [-0.2, 0) is 9.53 Å². The van der Waals surface area contributed by atoms with Crippen LogP contribution in [0.5, 0.6) is 0 Å². The van der Waals surface area contributed by atoms with Crippen LogP contribution in [0.1, 0.15) is 35.7 Å². The standard InChI is InChI=1S/C26H27N3O4S/c1-3-33-26(32)20-14-16-28(17-15-20)25(31)19-6-8-21(9-7-19)29-24(30)13-12-23(27-29)34-22-10-4-18(2)5-11-22/h4-13,20H,3,14-17H2,1-2H3. The van der Waals surface area contributed by atoms with Gasteiger partial charge in [-0.2, -0.15) is 9.78 Å². The SMILES string of the molecule is CCOC(=O)C1CCN(C(=O)c2ccc(-n3nc(Sc4ccc(C)cc4)ccc3=O)cc2)CC1. The minimum absolute atomic E-state index is 0.0853. The Kier molecular flexibility index (Phi) is 7.47. The van der Waals surface area contributed by atoms with Gasteiger partial charge in [0.2, 0.25) is 0 Å². The Bertz CT molecular complexity index is 1210. The number of nitrogens with zero attached hydrogens (tertiary/aromatic N) is 3. The summed E-state index contributed by atoms with van der Waals surface area (Å²) in [5.74, 6) is -0.410. The molecule has 2 aromatic carbocycles. The number of rotatable bonds is 6. The van der Waals surface area contributed by atoms with Crippen LogP contribution in [0, 0.1) is 12.8 Å². The minimum atomic E-state index is -0.242. The van der Waals surface area contributed by atoms with Crippen LogP contribution < -0.4 is 5.56 Å². The third kappa shape index (κ3) is 5.56. The Morgan fingerprint density at radius 2 is 1.68 bits per heavy atom. The number of hydrogen-bond donors (Lipinski definition) is 0. The number of piperidine rings is 1. The number of esters is 1. The molecule has 3 aromatic rings. The fourth-order valence-corrected chi connectivity index (χ4v) is 4.64. The summed E-state index contributed by atoms with van der Waals surface area (Å²) < 4.78 is 6.44. The summed E-state index contributed by atoms with van der Waals surface area (Å²) in [5, 5.41) is 5.19. The molecule has 1 fully saturated rings. The number of benzene rings is 2. The highest BCUT2D eigenvalue weighted by molar-refractivity contribution is 7.99. The molecule has 0 spiro atoms. The molecule has 1 saturated heterocycles. The number of hydrogen-bond acceptors (Lipinski definition) is 6. The molecule has 0 aliphatic carbocycles. The third-order valence-electron chi connectivity index (χ3n) is 5.78. The predicted molar refractivity (Wildman–Crippen MR) is 130 cm³/mol. The van der Waals surface area contributed by atoms with Crippen LogP contribution >= 0.6 is 11.8 Å². The fourth-order valence-electron chi connectivity index (χ4n) is 3.87. The van der Waals surface area contributed by atoms with Crippen LogP contribution in [0.3, 0.4) is 0 Å². The van der Waals surface area contributed by atoms with Crippen molar-refractivity contribution >= 4 is 23.6 Å². The van der Waals surface area contributed by atoms with Gasteiger partial charge in [0, 0.05) is 29.6 Å². The summed E-state index contributed by atoms with van der Waals surface area (Å²) in [5.41, 5.74) is 2.07. The van der Waals surface area contributed by atoms with Crippen LogP contribution in [0.4, 0.5) is 0 Å². The highest BCUT2D eigenvalue weighted by atomic mass is 32.2. The number of likely N-dealkylation sites (tertiary alicyclic amines) is 1. The first-order valence-electron chi connectivity index (χ1n) is 11.4. The van der Waals surface area contributed by atoms with Crippen molar-refractivity contribution in [1.82, 2.24) is 14.7 Å². The van der Waals surface area contributed by atoms with Gasteiger partial charge in [-0.05, 0) is 69.2 Å². The Morgan fingerprint density at radius 3 is 2.32 bits per heavy atom. The average Bonchev–Trinajstić information content (AvgIpc) is 2.86. The number of aryl methyl sites for hydroxylation is 1. The summed E-state index contributed by atoms with van der Waals surface area (Å²) >= 11 is 1.48. The zero-order valence-electron chi connectivity index (χ0n) is 19.3. The van der Waals surface area contributed by atoms with Crippen molar-refractivity contribution < 1.29 is 14.3 Å². The van der Waals surface area contributed by atoms with Crippen LogP contribution in [0.15, 0.2) is 75.4 Å². The first-order chi connectivity index (χ1) is 16.4. The lowest BCUT2D eigenvalue weighted by Crippen LogP contribution is -2.40. The van der Waals surface area contributed by atoms with E-state index in [1.807, 2.05) is 31.2 Å². The molecule has 34 heavy (non-hydrogen) atoms. The number of aromatic nitrogens is 2. The molecular formula is C26H27N3O4S. The molecule has 176 valence electrons. The van der Waals surface area contributed by atoms with Crippen molar-refractivity contribution in [2.24, 2.45) is 5.92 Å². The molecule has 4 rings (SSSR count). The van der Waals surface area contributed by atoms with Gasteiger partial charge in [0.05, 0.1) is 18.2 Å². The van der Waals surface area contributed by atoms with E-state index in [1.54, 1.807) is 42.2 Å². The monoisotopic (exact) mass is 477 g/mol. The molecule has 1 aliphatic rings.